The van der Waals surface area contributed by atoms with E-state index in [4.69, 9.17) is 23.7 Å². The molecular formula is C19H38O6. The molecule has 1 atom stereocenters. The number of carbonyl (C=O) groups is 1. The van der Waals surface area contributed by atoms with Crippen LogP contribution in [-0.4, -0.2) is 65.4 Å². The Morgan fingerprint density at radius 2 is 1.36 bits per heavy atom. The Kier molecular flexibility index (Phi) is 12.3. The van der Waals surface area contributed by atoms with Crippen LogP contribution < -0.4 is 0 Å². The smallest absolute Gasteiger partial charge is 0.311 e. The van der Waals surface area contributed by atoms with E-state index in [1.54, 1.807) is 7.11 Å². The van der Waals surface area contributed by atoms with E-state index in [0.29, 0.717) is 39.6 Å². The third-order valence-electron chi connectivity index (χ3n) is 3.24. The number of hydrogen-bond acceptors (Lipinski definition) is 6. The fourth-order valence-corrected chi connectivity index (χ4v) is 1.97. The number of esters is 1. The van der Waals surface area contributed by atoms with Crippen LogP contribution in [-0.2, 0) is 28.5 Å². The minimum Gasteiger partial charge on any atom is -0.463 e. The maximum Gasteiger partial charge on any atom is 0.311 e. The normalized spacial score (nSPS) is 13.7. The van der Waals surface area contributed by atoms with Crippen LogP contribution in [0, 0.1) is 10.8 Å². The molecule has 0 saturated carbocycles. The van der Waals surface area contributed by atoms with Crippen LogP contribution in [0.25, 0.3) is 0 Å². The summed E-state index contributed by atoms with van der Waals surface area (Å²) in [5.74, 6) is -0.209. The molecule has 0 bridgehead atoms. The molecule has 0 saturated heterocycles. The average Bonchev–Trinajstić information content (AvgIpc) is 2.48. The highest BCUT2D eigenvalue weighted by atomic mass is 16.6. The molecular weight excluding hydrogens is 324 g/mol. The lowest BCUT2D eigenvalue weighted by atomic mass is 9.89. The van der Waals surface area contributed by atoms with Crippen LogP contribution in [0.5, 0.6) is 0 Å². The summed E-state index contributed by atoms with van der Waals surface area (Å²) in [6.07, 6.45) is 0.678. The summed E-state index contributed by atoms with van der Waals surface area (Å²) in [6, 6.07) is 0. The summed E-state index contributed by atoms with van der Waals surface area (Å²) in [7, 11) is 1.64. The highest BCUT2D eigenvalue weighted by Gasteiger charge is 2.26. The van der Waals surface area contributed by atoms with Gasteiger partial charge in [-0.2, -0.15) is 0 Å². The first-order valence-corrected chi connectivity index (χ1v) is 8.99. The van der Waals surface area contributed by atoms with Gasteiger partial charge in [0, 0.05) is 7.11 Å². The fourth-order valence-electron chi connectivity index (χ4n) is 1.97. The van der Waals surface area contributed by atoms with Crippen molar-refractivity contribution in [1.29, 1.82) is 0 Å². The second-order valence-corrected chi connectivity index (χ2v) is 8.32. The van der Waals surface area contributed by atoms with Gasteiger partial charge in [-0.25, -0.2) is 0 Å². The molecule has 0 spiro atoms. The third-order valence-corrected chi connectivity index (χ3v) is 3.24. The van der Waals surface area contributed by atoms with Gasteiger partial charge in [0.25, 0.3) is 0 Å². The van der Waals surface area contributed by atoms with Gasteiger partial charge in [-0.1, -0.05) is 20.8 Å². The molecule has 0 aliphatic carbocycles. The Hall–Kier alpha value is -0.690. The molecule has 0 aliphatic heterocycles. The Bertz CT molecular complexity index is 343. The van der Waals surface area contributed by atoms with E-state index in [0.717, 1.165) is 6.42 Å². The van der Waals surface area contributed by atoms with Gasteiger partial charge in [0.05, 0.1) is 51.2 Å². The number of hydrogen-bond donors (Lipinski definition) is 0. The Morgan fingerprint density at radius 1 is 0.840 bits per heavy atom. The van der Waals surface area contributed by atoms with E-state index >= 15 is 0 Å². The molecule has 0 aromatic carbocycles. The van der Waals surface area contributed by atoms with Crippen molar-refractivity contribution in [1.82, 2.24) is 0 Å². The van der Waals surface area contributed by atoms with Crippen LogP contribution in [0.15, 0.2) is 0 Å². The van der Waals surface area contributed by atoms with Crippen LogP contribution in [0.3, 0.4) is 0 Å². The summed E-state index contributed by atoms with van der Waals surface area (Å²) in [4.78, 5) is 11.9. The first kappa shape index (κ1) is 24.3. The minimum absolute atomic E-state index is 0.0921. The molecule has 0 heterocycles. The lowest BCUT2D eigenvalue weighted by Gasteiger charge is -2.27. The molecule has 0 aromatic rings. The minimum atomic E-state index is -0.502. The van der Waals surface area contributed by atoms with Gasteiger partial charge >= 0.3 is 5.97 Å². The van der Waals surface area contributed by atoms with Crippen LogP contribution >= 0.6 is 0 Å². The van der Waals surface area contributed by atoms with Gasteiger partial charge in [-0.05, 0) is 32.6 Å². The van der Waals surface area contributed by atoms with Gasteiger partial charge in [0.2, 0.25) is 0 Å². The van der Waals surface area contributed by atoms with Crippen molar-refractivity contribution in [2.45, 2.75) is 54.1 Å². The largest absolute Gasteiger partial charge is 0.463 e. The SMILES string of the molecule is COCCOCCOCCOC(COC(=O)C(C)(C)C)CC(C)(C)C. The third kappa shape index (κ3) is 15.3. The summed E-state index contributed by atoms with van der Waals surface area (Å²) < 4.78 is 27.0. The van der Waals surface area contributed by atoms with E-state index in [-0.39, 0.29) is 24.1 Å². The first-order valence-electron chi connectivity index (χ1n) is 8.99. The van der Waals surface area contributed by atoms with Crippen molar-refractivity contribution in [2.75, 3.05) is 53.4 Å². The van der Waals surface area contributed by atoms with Crippen molar-refractivity contribution in [2.24, 2.45) is 10.8 Å². The Balaban J connectivity index is 4.02. The second-order valence-electron chi connectivity index (χ2n) is 8.32. The summed E-state index contributed by atoms with van der Waals surface area (Å²) in [5, 5.41) is 0. The Labute approximate surface area is 153 Å². The summed E-state index contributed by atoms with van der Waals surface area (Å²) in [5.41, 5.74) is -0.410. The van der Waals surface area contributed by atoms with Crippen molar-refractivity contribution < 1.29 is 28.5 Å². The molecule has 0 fully saturated rings. The molecule has 0 amide bonds. The lowest BCUT2D eigenvalue weighted by Crippen LogP contribution is -2.31. The van der Waals surface area contributed by atoms with Gasteiger partial charge in [0.15, 0.2) is 0 Å². The van der Waals surface area contributed by atoms with Crippen LogP contribution in [0.2, 0.25) is 0 Å². The van der Waals surface area contributed by atoms with Gasteiger partial charge in [0.1, 0.15) is 6.61 Å². The van der Waals surface area contributed by atoms with E-state index in [2.05, 4.69) is 20.8 Å². The zero-order chi connectivity index (χ0) is 19.3. The standard InChI is InChI=1S/C19H38O6/c1-18(2,3)14-16(15-25-17(20)19(4,5)6)24-13-12-23-11-10-22-9-8-21-7/h16H,8-15H2,1-7H3. The average molecular weight is 363 g/mol. The van der Waals surface area contributed by atoms with Crippen molar-refractivity contribution in [3.05, 3.63) is 0 Å². The molecule has 6 heteroatoms. The van der Waals surface area contributed by atoms with Crippen molar-refractivity contribution >= 4 is 5.97 Å². The van der Waals surface area contributed by atoms with Gasteiger partial charge < -0.3 is 23.7 Å². The highest BCUT2D eigenvalue weighted by molar-refractivity contribution is 5.75. The van der Waals surface area contributed by atoms with E-state index in [1.807, 2.05) is 20.8 Å². The number of carbonyl (C=O) groups excluding carboxylic acids is 1. The molecule has 6 nitrogen and oxygen atoms in total. The molecule has 0 aliphatic rings. The van der Waals surface area contributed by atoms with E-state index < -0.39 is 5.41 Å². The Morgan fingerprint density at radius 3 is 1.84 bits per heavy atom. The van der Waals surface area contributed by atoms with Gasteiger partial charge in [-0.3, -0.25) is 4.79 Å². The molecule has 1 unspecified atom stereocenters. The number of ether oxygens (including phenoxy) is 5. The quantitative estimate of drug-likeness (QED) is 0.371. The topological polar surface area (TPSA) is 63.2 Å². The van der Waals surface area contributed by atoms with E-state index in [9.17, 15) is 4.79 Å². The molecule has 0 radical (unpaired) electrons. The van der Waals surface area contributed by atoms with Gasteiger partial charge in [-0.15, -0.1) is 0 Å². The molecule has 0 N–H and O–H groups in total. The number of methoxy groups -OCH3 is 1. The zero-order valence-electron chi connectivity index (χ0n) is 17.2. The van der Waals surface area contributed by atoms with Crippen molar-refractivity contribution in [3.63, 3.8) is 0 Å². The van der Waals surface area contributed by atoms with Crippen LogP contribution in [0.1, 0.15) is 48.0 Å². The van der Waals surface area contributed by atoms with Crippen molar-refractivity contribution in [3.8, 4) is 0 Å². The molecule has 0 rings (SSSR count). The second kappa shape index (κ2) is 12.6. The molecule has 25 heavy (non-hydrogen) atoms. The maximum absolute atomic E-state index is 11.9. The van der Waals surface area contributed by atoms with E-state index in [1.165, 1.54) is 0 Å². The monoisotopic (exact) mass is 362 g/mol. The lowest BCUT2D eigenvalue weighted by molar-refractivity contribution is -0.158. The zero-order valence-corrected chi connectivity index (χ0v) is 17.2. The number of rotatable bonds is 13. The predicted molar refractivity (Wildman–Crippen MR) is 97.7 cm³/mol. The summed E-state index contributed by atoms with van der Waals surface area (Å²) in [6.45, 7) is 15.4. The highest BCUT2D eigenvalue weighted by Crippen LogP contribution is 2.23. The molecule has 150 valence electrons. The summed E-state index contributed by atoms with van der Waals surface area (Å²) >= 11 is 0. The first-order chi connectivity index (χ1) is 11.6. The molecule has 0 aromatic heterocycles. The predicted octanol–water partition coefficient (Wildman–Crippen LogP) is 3.08. The van der Waals surface area contributed by atoms with Crippen LogP contribution in [0.4, 0.5) is 0 Å². The maximum atomic E-state index is 11.9. The fraction of sp³-hybridized carbons (Fsp3) is 0.947.